The van der Waals surface area contributed by atoms with Crippen LogP contribution in [-0.2, 0) is 19.6 Å². The summed E-state index contributed by atoms with van der Waals surface area (Å²) in [6.07, 6.45) is 0.776. The molecule has 7 nitrogen and oxygen atoms in total. The van der Waals surface area contributed by atoms with Gasteiger partial charge >= 0.3 is 11.9 Å². The standard InChI is InChI=1S/C13H15NO6S/c1-20-13(17)9-4-2-5-10(8-9)21(18,19)14-7-3-6-11(14)12(15)16/h2,4-5,8,11H,3,6-7H2,1H3,(H,15,16)/t11-/m1/s1. The number of carbonyl (C=O) groups is 2. The number of hydrogen-bond donors (Lipinski definition) is 1. The van der Waals surface area contributed by atoms with Gasteiger partial charge in [0.25, 0.3) is 0 Å². The summed E-state index contributed by atoms with van der Waals surface area (Å²) >= 11 is 0. The number of carboxylic acid groups (broad SMARTS) is 1. The fourth-order valence-corrected chi connectivity index (χ4v) is 4.01. The van der Waals surface area contributed by atoms with Crippen LogP contribution >= 0.6 is 0 Å². The topological polar surface area (TPSA) is 101 Å². The zero-order valence-corrected chi connectivity index (χ0v) is 12.2. The summed E-state index contributed by atoms with van der Waals surface area (Å²) < 4.78 is 30.6. The first-order valence-electron chi connectivity index (χ1n) is 6.31. The summed E-state index contributed by atoms with van der Waals surface area (Å²) in [5.41, 5.74) is 0.102. The second-order valence-corrected chi connectivity index (χ2v) is 6.52. The molecule has 0 spiro atoms. The quantitative estimate of drug-likeness (QED) is 0.822. The van der Waals surface area contributed by atoms with Crippen molar-refractivity contribution < 1.29 is 27.9 Å². The van der Waals surface area contributed by atoms with Gasteiger partial charge in [0.15, 0.2) is 0 Å². The Labute approximate surface area is 122 Å². The molecule has 0 amide bonds. The number of aliphatic carboxylic acids is 1. The highest BCUT2D eigenvalue weighted by Crippen LogP contribution is 2.26. The third-order valence-corrected chi connectivity index (χ3v) is 5.25. The summed E-state index contributed by atoms with van der Waals surface area (Å²) in [4.78, 5) is 22.5. The molecule has 0 bridgehead atoms. The van der Waals surface area contributed by atoms with Crippen molar-refractivity contribution in [3.63, 3.8) is 0 Å². The van der Waals surface area contributed by atoms with Crippen LogP contribution in [0.2, 0.25) is 0 Å². The van der Waals surface area contributed by atoms with Gasteiger partial charge in [0.2, 0.25) is 10.0 Å². The van der Waals surface area contributed by atoms with Crippen molar-refractivity contribution in [2.24, 2.45) is 0 Å². The van der Waals surface area contributed by atoms with Crippen LogP contribution in [0.25, 0.3) is 0 Å². The first-order valence-corrected chi connectivity index (χ1v) is 7.75. The minimum atomic E-state index is -3.95. The Bertz CT molecular complexity index is 669. The Morgan fingerprint density at radius 3 is 2.71 bits per heavy atom. The molecular formula is C13H15NO6S. The molecule has 1 atom stereocenters. The van der Waals surface area contributed by atoms with E-state index in [0.29, 0.717) is 6.42 Å². The highest BCUT2D eigenvalue weighted by Gasteiger charge is 2.39. The smallest absolute Gasteiger partial charge is 0.337 e. The van der Waals surface area contributed by atoms with E-state index in [-0.39, 0.29) is 23.4 Å². The van der Waals surface area contributed by atoms with Gasteiger partial charge in [-0.25, -0.2) is 13.2 Å². The monoisotopic (exact) mass is 313 g/mol. The summed E-state index contributed by atoms with van der Waals surface area (Å²) in [7, 11) is -2.75. The third-order valence-electron chi connectivity index (χ3n) is 3.35. The largest absolute Gasteiger partial charge is 0.480 e. The van der Waals surface area contributed by atoms with Crippen LogP contribution in [0.1, 0.15) is 23.2 Å². The van der Waals surface area contributed by atoms with E-state index >= 15 is 0 Å². The number of benzene rings is 1. The van der Waals surface area contributed by atoms with E-state index in [1.54, 1.807) is 0 Å². The van der Waals surface area contributed by atoms with Gasteiger partial charge in [-0.1, -0.05) is 6.07 Å². The molecule has 1 N–H and O–H groups in total. The Morgan fingerprint density at radius 1 is 1.38 bits per heavy atom. The van der Waals surface area contributed by atoms with Crippen LogP contribution in [0.3, 0.4) is 0 Å². The number of carboxylic acids is 1. The number of sulfonamides is 1. The molecule has 1 saturated heterocycles. The molecule has 0 unspecified atom stereocenters. The summed E-state index contributed by atoms with van der Waals surface area (Å²) in [5, 5.41) is 9.09. The van der Waals surface area contributed by atoms with E-state index in [2.05, 4.69) is 4.74 Å². The minimum Gasteiger partial charge on any atom is -0.480 e. The zero-order valence-electron chi connectivity index (χ0n) is 11.4. The molecule has 0 saturated carbocycles. The molecule has 1 aromatic carbocycles. The fourth-order valence-electron chi connectivity index (χ4n) is 2.31. The Hall–Kier alpha value is -1.93. The van der Waals surface area contributed by atoms with Crippen LogP contribution in [0.5, 0.6) is 0 Å². The summed E-state index contributed by atoms with van der Waals surface area (Å²) in [6.45, 7) is 0.155. The molecule has 21 heavy (non-hydrogen) atoms. The molecule has 0 radical (unpaired) electrons. The van der Waals surface area contributed by atoms with Gasteiger partial charge in [-0.05, 0) is 31.0 Å². The van der Waals surface area contributed by atoms with E-state index in [4.69, 9.17) is 5.11 Å². The van der Waals surface area contributed by atoms with E-state index in [1.165, 1.54) is 31.4 Å². The fraction of sp³-hybridized carbons (Fsp3) is 0.385. The van der Waals surface area contributed by atoms with Crippen molar-refractivity contribution in [3.8, 4) is 0 Å². The Kier molecular flexibility index (Phi) is 4.29. The lowest BCUT2D eigenvalue weighted by molar-refractivity contribution is -0.140. The number of rotatable bonds is 4. The molecular weight excluding hydrogens is 298 g/mol. The van der Waals surface area contributed by atoms with Gasteiger partial charge in [0, 0.05) is 6.54 Å². The number of ether oxygens (including phenoxy) is 1. The van der Waals surface area contributed by atoms with Crippen LogP contribution in [0.4, 0.5) is 0 Å². The Morgan fingerprint density at radius 2 is 2.10 bits per heavy atom. The highest BCUT2D eigenvalue weighted by atomic mass is 32.2. The second-order valence-electron chi connectivity index (χ2n) is 4.63. The van der Waals surface area contributed by atoms with Gasteiger partial charge in [0.1, 0.15) is 6.04 Å². The zero-order chi connectivity index (χ0) is 15.6. The number of hydrogen-bond acceptors (Lipinski definition) is 5. The van der Waals surface area contributed by atoms with Gasteiger partial charge in [-0.3, -0.25) is 4.79 Å². The lowest BCUT2D eigenvalue weighted by atomic mass is 10.2. The minimum absolute atomic E-state index is 0.102. The molecule has 0 aromatic heterocycles. The van der Waals surface area contributed by atoms with Gasteiger partial charge in [0.05, 0.1) is 17.6 Å². The molecule has 0 aliphatic carbocycles. The average molecular weight is 313 g/mol. The van der Waals surface area contributed by atoms with Crippen LogP contribution in [0.15, 0.2) is 29.2 Å². The molecule has 1 aliphatic heterocycles. The molecule has 1 heterocycles. The van der Waals surface area contributed by atoms with Crippen LogP contribution in [0, 0.1) is 0 Å². The Balaban J connectivity index is 2.40. The van der Waals surface area contributed by atoms with Crippen LogP contribution in [-0.4, -0.2) is 49.5 Å². The van der Waals surface area contributed by atoms with Gasteiger partial charge in [-0.2, -0.15) is 4.31 Å². The molecule has 114 valence electrons. The molecule has 1 aromatic rings. The highest BCUT2D eigenvalue weighted by molar-refractivity contribution is 7.89. The number of nitrogens with zero attached hydrogens (tertiary/aromatic N) is 1. The van der Waals surface area contributed by atoms with Crippen LogP contribution < -0.4 is 0 Å². The SMILES string of the molecule is COC(=O)c1cccc(S(=O)(=O)N2CCC[C@@H]2C(=O)O)c1. The average Bonchev–Trinajstić information content (AvgIpc) is 2.97. The molecule has 1 fully saturated rings. The number of esters is 1. The van der Waals surface area contributed by atoms with Crippen molar-refractivity contribution in [2.45, 2.75) is 23.8 Å². The van der Waals surface area contributed by atoms with E-state index in [0.717, 1.165) is 4.31 Å². The van der Waals surface area contributed by atoms with Crippen molar-refractivity contribution in [1.29, 1.82) is 0 Å². The van der Waals surface area contributed by atoms with Crippen molar-refractivity contribution in [1.82, 2.24) is 4.31 Å². The van der Waals surface area contributed by atoms with E-state index in [1.807, 2.05) is 0 Å². The van der Waals surface area contributed by atoms with Crippen molar-refractivity contribution in [3.05, 3.63) is 29.8 Å². The lowest BCUT2D eigenvalue weighted by Crippen LogP contribution is -2.40. The van der Waals surface area contributed by atoms with Gasteiger partial charge in [-0.15, -0.1) is 0 Å². The molecule has 8 heteroatoms. The van der Waals surface area contributed by atoms with E-state index in [9.17, 15) is 18.0 Å². The maximum absolute atomic E-state index is 12.5. The second kappa shape index (κ2) is 5.82. The third kappa shape index (κ3) is 2.91. The first-order chi connectivity index (χ1) is 9.87. The van der Waals surface area contributed by atoms with Crippen molar-refractivity contribution in [2.75, 3.05) is 13.7 Å². The number of carbonyl (C=O) groups excluding carboxylic acids is 1. The first kappa shape index (κ1) is 15.5. The normalized spacial score (nSPS) is 19.4. The predicted octanol–water partition coefficient (Wildman–Crippen LogP) is 0.711. The predicted molar refractivity (Wildman–Crippen MR) is 72.3 cm³/mol. The van der Waals surface area contributed by atoms with Gasteiger partial charge < -0.3 is 9.84 Å². The molecule has 2 rings (SSSR count). The maximum atomic E-state index is 12.5. The summed E-state index contributed by atoms with van der Waals surface area (Å²) in [5.74, 6) is -1.82. The summed E-state index contributed by atoms with van der Waals surface area (Å²) in [6, 6.07) is 4.32. The van der Waals surface area contributed by atoms with Crippen molar-refractivity contribution >= 4 is 22.0 Å². The lowest BCUT2D eigenvalue weighted by Gasteiger charge is -2.21. The molecule has 1 aliphatic rings. The number of methoxy groups -OCH3 is 1. The maximum Gasteiger partial charge on any atom is 0.337 e. The van der Waals surface area contributed by atoms with E-state index < -0.39 is 28.0 Å².